The van der Waals surface area contributed by atoms with Crippen LogP contribution in [0, 0.1) is 0 Å². The highest BCUT2D eigenvalue weighted by molar-refractivity contribution is 5.92. The fourth-order valence-corrected chi connectivity index (χ4v) is 4.27. The SMILES string of the molecule is CNC(=O)C[C@@H]1OC(C)(C)C[C@]12CCCN2C(=O)/C=C/c1ccco1. The molecule has 25 heavy (non-hydrogen) atoms. The third-order valence-corrected chi connectivity index (χ3v) is 5.17. The molecule has 2 aliphatic heterocycles. The van der Waals surface area contributed by atoms with Crippen LogP contribution in [0.1, 0.15) is 45.3 Å². The van der Waals surface area contributed by atoms with Crippen molar-refractivity contribution in [2.75, 3.05) is 13.6 Å². The number of likely N-dealkylation sites (tertiary alicyclic amines) is 1. The molecule has 6 heteroatoms. The van der Waals surface area contributed by atoms with Gasteiger partial charge in [-0.3, -0.25) is 9.59 Å². The Hall–Kier alpha value is -2.08. The van der Waals surface area contributed by atoms with Gasteiger partial charge in [0, 0.05) is 26.1 Å². The van der Waals surface area contributed by atoms with E-state index >= 15 is 0 Å². The summed E-state index contributed by atoms with van der Waals surface area (Å²) in [5.74, 6) is 0.524. The molecule has 0 unspecified atom stereocenters. The van der Waals surface area contributed by atoms with Crippen molar-refractivity contribution in [2.45, 2.75) is 56.8 Å². The van der Waals surface area contributed by atoms with E-state index in [-0.39, 0.29) is 29.9 Å². The van der Waals surface area contributed by atoms with Gasteiger partial charge >= 0.3 is 0 Å². The minimum absolute atomic E-state index is 0.0582. The Balaban J connectivity index is 1.83. The maximum absolute atomic E-state index is 12.9. The van der Waals surface area contributed by atoms with Gasteiger partial charge in [-0.25, -0.2) is 0 Å². The lowest BCUT2D eigenvalue weighted by molar-refractivity contribution is -0.136. The molecule has 0 aromatic carbocycles. The lowest BCUT2D eigenvalue weighted by atomic mass is 9.82. The van der Waals surface area contributed by atoms with Crippen molar-refractivity contribution in [1.29, 1.82) is 0 Å². The van der Waals surface area contributed by atoms with E-state index in [9.17, 15) is 9.59 Å². The molecular weight excluding hydrogens is 320 g/mol. The van der Waals surface area contributed by atoms with Gasteiger partial charge in [-0.2, -0.15) is 0 Å². The average molecular weight is 346 g/mol. The molecule has 2 aliphatic rings. The number of ether oxygens (including phenoxy) is 1. The number of nitrogens with zero attached hydrogens (tertiary/aromatic N) is 1. The van der Waals surface area contributed by atoms with Crippen molar-refractivity contribution < 1.29 is 18.7 Å². The second kappa shape index (κ2) is 6.67. The van der Waals surface area contributed by atoms with Crippen LogP contribution in [0.3, 0.4) is 0 Å². The number of furan rings is 1. The maximum atomic E-state index is 12.9. The summed E-state index contributed by atoms with van der Waals surface area (Å²) in [6.07, 6.45) is 7.31. The molecule has 2 fully saturated rings. The van der Waals surface area contributed by atoms with Gasteiger partial charge in [0.25, 0.3) is 0 Å². The zero-order valence-corrected chi connectivity index (χ0v) is 15.1. The van der Waals surface area contributed by atoms with Crippen molar-refractivity contribution >= 4 is 17.9 Å². The van der Waals surface area contributed by atoms with Gasteiger partial charge < -0.3 is 19.4 Å². The van der Waals surface area contributed by atoms with Crippen LogP contribution in [0.25, 0.3) is 6.08 Å². The molecule has 1 spiro atoms. The van der Waals surface area contributed by atoms with Crippen LogP contribution in [-0.2, 0) is 14.3 Å². The molecule has 0 aliphatic carbocycles. The minimum atomic E-state index is -0.416. The molecule has 2 atom stereocenters. The fourth-order valence-electron chi connectivity index (χ4n) is 4.27. The minimum Gasteiger partial charge on any atom is -0.465 e. The normalized spacial score (nSPS) is 28.1. The van der Waals surface area contributed by atoms with Gasteiger partial charge in [0.1, 0.15) is 5.76 Å². The lowest BCUT2D eigenvalue weighted by Gasteiger charge is -2.38. The summed E-state index contributed by atoms with van der Waals surface area (Å²) in [6.45, 7) is 4.74. The number of carbonyl (C=O) groups is 2. The Morgan fingerprint density at radius 1 is 1.44 bits per heavy atom. The average Bonchev–Trinajstić information content (AvgIpc) is 3.25. The van der Waals surface area contributed by atoms with E-state index in [0.29, 0.717) is 12.3 Å². The molecule has 3 rings (SSSR count). The molecular formula is C19H26N2O4. The molecule has 0 saturated carbocycles. The predicted molar refractivity (Wildman–Crippen MR) is 93.7 cm³/mol. The predicted octanol–water partition coefficient (Wildman–Crippen LogP) is 2.36. The summed E-state index contributed by atoms with van der Waals surface area (Å²) >= 11 is 0. The van der Waals surface area contributed by atoms with Crippen LogP contribution in [0.2, 0.25) is 0 Å². The molecule has 1 aromatic heterocycles. The fraction of sp³-hybridized carbons (Fsp3) is 0.579. The van der Waals surface area contributed by atoms with Crippen molar-refractivity contribution in [3.05, 3.63) is 30.2 Å². The quantitative estimate of drug-likeness (QED) is 0.850. The number of hydrogen-bond donors (Lipinski definition) is 1. The first-order valence-corrected chi connectivity index (χ1v) is 8.78. The van der Waals surface area contributed by atoms with E-state index in [4.69, 9.17) is 9.15 Å². The zero-order chi connectivity index (χ0) is 18.1. The van der Waals surface area contributed by atoms with Gasteiger partial charge in [0.05, 0.1) is 29.9 Å². The Kier molecular flexibility index (Phi) is 4.73. The van der Waals surface area contributed by atoms with Crippen molar-refractivity contribution in [3.8, 4) is 0 Å². The molecule has 2 amide bonds. The first-order valence-electron chi connectivity index (χ1n) is 8.78. The van der Waals surface area contributed by atoms with Crippen LogP contribution < -0.4 is 5.32 Å². The second-order valence-electron chi connectivity index (χ2n) is 7.47. The molecule has 0 bridgehead atoms. The monoisotopic (exact) mass is 346 g/mol. The van der Waals surface area contributed by atoms with Crippen molar-refractivity contribution in [1.82, 2.24) is 10.2 Å². The van der Waals surface area contributed by atoms with Crippen LogP contribution in [0.5, 0.6) is 0 Å². The van der Waals surface area contributed by atoms with Crippen molar-refractivity contribution in [2.24, 2.45) is 0 Å². The Bertz CT molecular complexity index is 665. The third-order valence-electron chi connectivity index (χ3n) is 5.17. The summed E-state index contributed by atoms with van der Waals surface area (Å²) in [5, 5.41) is 2.66. The zero-order valence-electron chi connectivity index (χ0n) is 15.1. The van der Waals surface area contributed by atoms with Crippen LogP contribution >= 0.6 is 0 Å². The van der Waals surface area contributed by atoms with Crippen LogP contribution in [0.4, 0.5) is 0 Å². The van der Waals surface area contributed by atoms with Gasteiger partial charge in [0.15, 0.2) is 0 Å². The molecule has 2 saturated heterocycles. The van der Waals surface area contributed by atoms with E-state index in [1.54, 1.807) is 37.6 Å². The first kappa shape index (κ1) is 17.7. The molecule has 136 valence electrons. The van der Waals surface area contributed by atoms with Gasteiger partial charge in [-0.1, -0.05) is 0 Å². The molecule has 6 nitrogen and oxygen atoms in total. The molecule has 0 radical (unpaired) electrons. The highest BCUT2D eigenvalue weighted by Crippen LogP contribution is 2.48. The Labute approximate surface area is 148 Å². The summed E-state index contributed by atoms with van der Waals surface area (Å²) in [6, 6.07) is 3.59. The van der Waals surface area contributed by atoms with Crippen LogP contribution in [-0.4, -0.2) is 47.6 Å². The van der Waals surface area contributed by atoms with Gasteiger partial charge in [0.2, 0.25) is 11.8 Å². The van der Waals surface area contributed by atoms with Crippen molar-refractivity contribution in [3.63, 3.8) is 0 Å². The molecule has 1 N–H and O–H groups in total. The number of hydrogen-bond acceptors (Lipinski definition) is 4. The number of carbonyl (C=O) groups excluding carboxylic acids is 2. The highest BCUT2D eigenvalue weighted by atomic mass is 16.5. The summed E-state index contributed by atoms with van der Waals surface area (Å²) in [4.78, 5) is 26.7. The number of amides is 2. The standard InChI is InChI=1S/C19H26N2O4/c1-18(2)13-19(15(25-18)12-16(22)20-3)9-5-10-21(19)17(23)8-7-14-6-4-11-24-14/h4,6-8,11,15H,5,9-10,12-13H2,1-3H3,(H,20,22)/b8-7+/t15-,19+/m0/s1. The number of nitrogens with one attached hydrogen (secondary N) is 1. The van der Waals surface area contributed by atoms with Gasteiger partial charge in [-0.05, 0) is 44.9 Å². The van der Waals surface area contributed by atoms with Gasteiger partial charge in [-0.15, -0.1) is 0 Å². The summed E-state index contributed by atoms with van der Waals surface area (Å²) < 4.78 is 11.4. The van der Waals surface area contributed by atoms with E-state index in [0.717, 1.165) is 19.3 Å². The molecule has 3 heterocycles. The Morgan fingerprint density at radius 2 is 2.24 bits per heavy atom. The highest BCUT2D eigenvalue weighted by Gasteiger charge is 2.58. The third kappa shape index (κ3) is 3.49. The maximum Gasteiger partial charge on any atom is 0.247 e. The first-order chi connectivity index (χ1) is 11.9. The van der Waals surface area contributed by atoms with Crippen LogP contribution in [0.15, 0.2) is 28.9 Å². The molecule has 1 aromatic rings. The Morgan fingerprint density at radius 3 is 2.92 bits per heavy atom. The van der Waals surface area contributed by atoms with E-state index in [2.05, 4.69) is 5.32 Å². The largest absolute Gasteiger partial charge is 0.465 e. The van der Waals surface area contributed by atoms with E-state index < -0.39 is 5.54 Å². The summed E-state index contributed by atoms with van der Waals surface area (Å²) in [5.41, 5.74) is -0.771. The summed E-state index contributed by atoms with van der Waals surface area (Å²) in [7, 11) is 1.62. The lowest BCUT2D eigenvalue weighted by Crippen LogP contribution is -2.53. The second-order valence-corrected chi connectivity index (χ2v) is 7.47. The smallest absolute Gasteiger partial charge is 0.247 e. The topological polar surface area (TPSA) is 71.8 Å². The number of rotatable bonds is 4. The van der Waals surface area contributed by atoms with E-state index in [1.165, 1.54) is 0 Å². The van der Waals surface area contributed by atoms with E-state index in [1.807, 2.05) is 18.7 Å².